The highest BCUT2D eigenvalue weighted by Crippen LogP contribution is 2.24. The molecule has 1 aliphatic heterocycles. The number of anilines is 1. The zero-order chi connectivity index (χ0) is 17.3. The summed E-state index contributed by atoms with van der Waals surface area (Å²) in [6.07, 6.45) is 1.84. The maximum absolute atomic E-state index is 12.2. The highest BCUT2D eigenvalue weighted by molar-refractivity contribution is 6.03. The molecule has 24 heavy (non-hydrogen) atoms. The van der Waals surface area contributed by atoms with Crippen molar-refractivity contribution in [2.24, 2.45) is 7.05 Å². The summed E-state index contributed by atoms with van der Waals surface area (Å²) in [4.78, 5) is 25.8. The average molecular weight is 328 g/mol. The van der Waals surface area contributed by atoms with E-state index in [-0.39, 0.29) is 11.8 Å². The molecule has 1 aliphatic rings. The normalized spacial score (nSPS) is 17.2. The summed E-state index contributed by atoms with van der Waals surface area (Å²) < 4.78 is 7.29. The highest BCUT2D eigenvalue weighted by atomic mass is 16.5. The van der Waals surface area contributed by atoms with Gasteiger partial charge in [-0.15, -0.1) is 0 Å². The first-order valence-electron chi connectivity index (χ1n) is 7.77. The van der Waals surface area contributed by atoms with Gasteiger partial charge in [-0.3, -0.25) is 14.3 Å². The molecular formula is C17H20N4O3. The van der Waals surface area contributed by atoms with Crippen LogP contribution in [0.25, 0.3) is 0 Å². The van der Waals surface area contributed by atoms with Gasteiger partial charge in [0.05, 0.1) is 0 Å². The van der Waals surface area contributed by atoms with Crippen LogP contribution in [0, 0.1) is 6.92 Å². The highest BCUT2D eigenvalue weighted by Gasteiger charge is 2.30. The fraction of sp³-hybridized carbons (Fsp3) is 0.353. The number of hydrogen-bond acceptors (Lipinski definition) is 4. The third-order valence-corrected chi connectivity index (χ3v) is 4.16. The smallest absolute Gasteiger partial charge is 0.273 e. The number of amides is 2. The molecule has 0 saturated carbocycles. The van der Waals surface area contributed by atoms with Crippen molar-refractivity contribution in [1.82, 2.24) is 14.7 Å². The van der Waals surface area contributed by atoms with Gasteiger partial charge in [-0.25, -0.2) is 0 Å². The number of carbonyl (C=O) groups excluding carboxylic acids is 2. The lowest BCUT2D eigenvalue weighted by Crippen LogP contribution is -2.29. The Hall–Kier alpha value is -2.83. The summed E-state index contributed by atoms with van der Waals surface area (Å²) in [5.41, 5.74) is 2.04. The van der Waals surface area contributed by atoms with Crippen molar-refractivity contribution in [1.29, 1.82) is 0 Å². The number of benzene rings is 1. The number of likely N-dealkylation sites (tertiary alicyclic amines) is 1. The molecule has 2 aromatic rings. The van der Waals surface area contributed by atoms with Gasteiger partial charge in [0.1, 0.15) is 11.4 Å². The second-order valence-electron chi connectivity index (χ2n) is 5.93. The van der Waals surface area contributed by atoms with Gasteiger partial charge in [0, 0.05) is 38.9 Å². The van der Waals surface area contributed by atoms with Crippen LogP contribution < -0.4 is 10.1 Å². The van der Waals surface area contributed by atoms with Crippen molar-refractivity contribution in [2.45, 2.75) is 19.4 Å². The lowest BCUT2D eigenvalue weighted by Gasteiger charge is -2.15. The molecule has 1 aromatic heterocycles. The van der Waals surface area contributed by atoms with E-state index in [0.29, 0.717) is 30.1 Å². The van der Waals surface area contributed by atoms with Crippen molar-refractivity contribution in [3.8, 4) is 5.75 Å². The number of nitrogens with zero attached hydrogens (tertiary/aromatic N) is 3. The standard InChI is InChI=1S/C17H20N4O3/c1-11-10-12(24-15-7-9-20(2)17(15)23)4-5-13(11)19-16(22)14-6-8-18-21(14)3/h4-6,8,10,15H,7,9H2,1-3H3,(H,19,22)/t15-/m1/s1. The summed E-state index contributed by atoms with van der Waals surface area (Å²) in [6, 6.07) is 7.02. The van der Waals surface area contributed by atoms with Crippen LogP contribution in [-0.4, -0.2) is 46.2 Å². The first-order chi connectivity index (χ1) is 11.5. The number of carbonyl (C=O) groups is 2. The number of hydrogen-bond donors (Lipinski definition) is 1. The molecule has 1 fully saturated rings. The molecule has 0 spiro atoms. The summed E-state index contributed by atoms with van der Waals surface area (Å²) in [5.74, 6) is 0.403. The monoisotopic (exact) mass is 328 g/mol. The van der Waals surface area contributed by atoms with Crippen LogP contribution in [0.3, 0.4) is 0 Å². The van der Waals surface area contributed by atoms with Gasteiger partial charge in [0.15, 0.2) is 6.10 Å². The van der Waals surface area contributed by atoms with Crippen LogP contribution in [-0.2, 0) is 11.8 Å². The Bertz CT molecular complexity index is 784. The number of ether oxygens (including phenoxy) is 1. The van der Waals surface area contributed by atoms with Crippen LogP contribution in [0.15, 0.2) is 30.5 Å². The fourth-order valence-electron chi connectivity index (χ4n) is 2.70. The zero-order valence-corrected chi connectivity index (χ0v) is 13.9. The summed E-state index contributed by atoms with van der Waals surface area (Å²) in [7, 11) is 3.49. The molecule has 126 valence electrons. The maximum atomic E-state index is 12.2. The molecule has 1 aromatic carbocycles. The lowest BCUT2D eigenvalue weighted by molar-refractivity contribution is -0.132. The minimum atomic E-state index is -0.427. The average Bonchev–Trinajstić information content (AvgIpc) is 3.10. The second kappa shape index (κ2) is 6.35. The molecule has 2 heterocycles. The molecule has 0 bridgehead atoms. The van der Waals surface area contributed by atoms with E-state index in [9.17, 15) is 9.59 Å². The van der Waals surface area contributed by atoms with Gasteiger partial charge in [-0.05, 0) is 36.8 Å². The zero-order valence-electron chi connectivity index (χ0n) is 13.9. The predicted octanol–water partition coefficient (Wildman–Crippen LogP) is 1.59. The van der Waals surface area contributed by atoms with E-state index in [1.165, 1.54) is 4.68 Å². The third-order valence-electron chi connectivity index (χ3n) is 4.16. The Labute approximate surface area is 140 Å². The quantitative estimate of drug-likeness (QED) is 0.925. The van der Waals surface area contributed by atoms with E-state index in [0.717, 1.165) is 5.56 Å². The minimum absolute atomic E-state index is 0.00115. The molecule has 1 atom stereocenters. The maximum Gasteiger partial charge on any atom is 0.273 e. The number of likely N-dealkylation sites (N-methyl/N-ethyl adjacent to an activating group) is 1. The van der Waals surface area contributed by atoms with Crippen molar-refractivity contribution in [2.75, 3.05) is 18.9 Å². The summed E-state index contributed by atoms with van der Waals surface area (Å²) >= 11 is 0. The molecule has 0 unspecified atom stereocenters. The van der Waals surface area contributed by atoms with Crippen molar-refractivity contribution in [3.05, 3.63) is 41.7 Å². The molecule has 1 saturated heterocycles. The Morgan fingerprint density at radius 2 is 2.12 bits per heavy atom. The topological polar surface area (TPSA) is 76.5 Å². The van der Waals surface area contributed by atoms with Gasteiger partial charge in [0.25, 0.3) is 11.8 Å². The number of rotatable bonds is 4. The number of aryl methyl sites for hydroxylation is 2. The van der Waals surface area contributed by atoms with Crippen molar-refractivity contribution in [3.63, 3.8) is 0 Å². The van der Waals surface area contributed by atoms with Crippen LogP contribution in [0.4, 0.5) is 5.69 Å². The van der Waals surface area contributed by atoms with E-state index < -0.39 is 6.10 Å². The Morgan fingerprint density at radius 1 is 1.33 bits per heavy atom. The second-order valence-corrected chi connectivity index (χ2v) is 5.93. The Balaban J connectivity index is 1.70. The molecule has 7 heteroatoms. The van der Waals surface area contributed by atoms with Crippen LogP contribution in [0.5, 0.6) is 5.75 Å². The van der Waals surface area contributed by atoms with E-state index in [1.807, 2.05) is 13.0 Å². The van der Waals surface area contributed by atoms with Gasteiger partial charge in [0.2, 0.25) is 0 Å². The Kier molecular flexibility index (Phi) is 4.24. The fourth-order valence-corrected chi connectivity index (χ4v) is 2.70. The first kappa shape index (κ1) is 16.0. The van der Waals surface area contributed by atoms with Gasteiger partial charge >= 0.3 is 0 Å². The van der Waals surface area contributed by atoms with Crippen molar-refractivity contribution >= 4 is 17.5 Å². The molecule has 3 rings (SSSR count). The first-order valence-corrected chi connectivity index (χ1v) is 7.77. The molecule has 7 nitrogen and oxygen atoms in total. The SMILES string of the molecule is Cc1cc(O[C@@H]2CCN(C)C2=O)ccc1NC(=O)c1ccnn1C. The van der Waals surface area contributed by atoms with E-state index in [2.05, 4.69) is 10.4 Å². The van der Waals surface area contributed by atoms with Gasteiger partial charge in [-0.1, -0.05) is 0 Å². The van der Waals surface area contributed by atoms with Gasteiger partial charge < -0.3 is 15.0 Å². The number of aromatic nitrogens is 2. The van der Waals surface area contributed by atoms with E-state index >= 15 is 0 Å². The molecular weight excluding hydrogens is 308 g/mol. The van der Waals surface area contributed by atoms with Gasteiger partial charge in [-0.2, -0.15) is 5.10 Å². The minimum Gasteiger partial charge on any atom is -0.481 e. The Morgan fingerprint density at radius 3 is 2.71 bits per heavy atom. The molecule has 0 radical (unpaired) electrons. The summed E-state index contributed by atoms with van der Waals surface area (Å²) in [6.45, 7) is 2.59. The predicted molar refractivity (Wildman–Crippen MR) is 89.0 cm³/mol. The largest absolute Gasteiger partial charge is 0.481 e. The van der Waals surface area contributed by atoms with Crippen LogP contribution in [0.1, 0.15) is 22.5 Å². The van der Waals surface area contributed by atoms with Crippen LogP contribution >= 0.6 is 0 Å². The summed E-state index contributed by atoms with van der Waals surface area (Å²) in [5, 5.41) is 6.85. The van der Waals surface area contributed by atoms with Crippen molar-refractivity contribution < 1.29 is 14.3 Å². The molecule has 1 N–H and O–H groups in total. The lowest BCUT2D eigenvalue weighted by atomic mass is 10.2. The molecule has 0 aliphatic carbocycles. The van der Waals surface area contributed by atoms with Crippen LogP contribution in [0.2, 0.25) is 0 Å². The molecule has 2 amide bonds. The van der Waals surface area contributed by atoms with E-state index in [4.69, 9.17) is 4.74 Å². The number of nitrogens with one attached hydrogen (secondary N) is 1. The van der Waals surface area contributed by atoms with E-state index in [1.54, 1.807) is 43.4 Å². The third kappa shape index (κ3) is 3.10.